The molecule has 2 atom stereocenters. The number of aryl methyl sites for hydroxylation is 2. The van der Waals surface area contributed by atoms with Gasteiger partial charge in [-0.2, -0.15) is 0 Å². The molecule has 7 heteroatoms. The minimum Gasteiger partial charge on any atom is -0.481 e. The van der Waals surface area contributed by atoms with Crippen LogP contribution in [-0.2, 0) is 22.4 Å². The van der Waals surface area contributed by atoms with E-state index in [1.54, 1.807) is 0 Å². The molecule has 0 saturated heterocycles. The van der Waals surface area contributed by atoms with Crippen LogP contribution in [0.5, 0.6) is 0 Å². The quantitative estimate of drug-likeness (QED) is 0.650. The van der Waals surface area contributed by atoms with E-state index in [9.17, 15) is 19.5 Å². The molecule has 2 aromatic rings. The Morgan fingerprint density at radius 3 is 2.37 bits per heavy atom. The van der Waals surface area contributed by atoms with E-state index in [4.69, 9.17) is 0 Å². The molecule has 0 aliphatic heterocycles. The molecule has 1 saturated carbocycles. The molecule has 0 spiro atoms. The van der Waals surface area contributed by atoms with Gasteiger partial charge in [0.05, 0.1) is 17.4 Å². The molecule has 2 aliphatic carbocycles. The summed E-state index contributed by atoms with van der Waals surface area (Å²) in [6.07, 6.45) is 5.50. The molecule has 2 aliphatic rings. The Morgan fingerprint density at radius 2 is 1.67 bits per heavy atom. The second-order valence-electron chi connectivity index (χ2n) is 8.21. The highest BCUT2D eigenvalue weighted by molar-refractivity contribution is 7.17. The number of carboxylic acids is 1. The standard InChI is InChI=1S/C23H26N2O4S/c1-13-9-11-14(12-10-13)24-21(27)19-17-7-4-8-18(17)30-22(19)25-20(26)15-5-2-3-6-16(15)23(28)29/h9-12,15-16H,2-8H2,1H3,(H,24,27)(H,25,26)(H,28,29)/t15-,16+/m0/s1. The second kappa shape index (κ2) is 8.60. The van der Waals surface area contributed by atoms with Gasteiger partial charge in [-0.1, -0.05) is 30.5 Å². The van der Waals surface area contributed by atoms with Gasteiger partial charge in [-0.25, -0.2) is 0 Å². The minimum atomic E-state index is -0.916. The number of hydrogen-bond acceptors (Lipinski definition) is 4. The highest BCUT2D eigenvalue weighted by Crippen LogP contribution is 2.40. The average molecular weight is 427 g/mol. The molecule has 0 radical (unpaired) electrons. The lowest BCUT2D eigenvalue weighted by Crippen LogP contribution is -2.36. The first-order valence-corrected chi connectivity index (χ1v) is 11.3. The van der Waals surface area contributed by atoms with E-state index < -0.39 is 17.8 Å². The van der Waals surface area contributed by atoms with Crippen molar-refractivity contribution in [2.24, 2.45) is 11.8 Å². The first-order valence-electron chi connectivity index (χ1n) is 10.5. The number of amides is 2. The summed E-state index contributed by atoms with van der Waals surface area (Å²) in [7, 11) is 0. The van der Waals surface area contributed by atoms with E-state index in [1.165, 1.54) is 11.3 Å². The number of hydrogen-bond donors (Lipinski definition) is 3. The number of carbonyl (C=O) groups is 3. The number of nitrogens with one attached hydrogen (secondary N) is 2. The maximum absolute atomic E-state index is 13.1. The summed E-state index contributed by atoms with van der Waals surface area (Å²) in [5.41, 5.74) is 3.36. The van der Waals surface area contributed by atoms with Gasteiger partial charge in [-0.05, 0) is 56.7 Å². The zero-order chi connectivity index (χ0) is 21.3. The van der Waals surface area contributed by atoms with Gasteiger partial charge in [0.25, 0.3) is 5.91 Å². The second-order valence-corrected chi connectivity index (χ2v) is 9.31. The Labute approximate surface area is 179 Å². The number of fused-ring (bicyclic) bond motifs is 1. The first-order chi connectivity index (χ1) is 14.4. The van der Waals surface area contributed by atoms with Crippen molar-refractivity contribution in [1.29, 1.82) is 0 Å². The molecule has 158 valence electrons. The fourth-order valence-electron chi connectivity index (χ4n) is 4.51. The van der Waals surface area contributed by atoms with Crippen molar-refractivity contribution in [2.45, 2.75) is 51.9 Å². The van der Waals surface area contributed by atoms with E-state index in [1.807, 2.05) is 31.2 Å². The lowest BCUT2D eigenvalue weighted by molar-refractivity contribution is -0.147. The highest BCUT2D eigenvalue weighted by Gasteiger charge is 2.37. The van der Waals surface area contributed by atoms with Crippen molar-refractivity contribution >= 4 is 39.8 Å². The van der Waals surface area contributed by atoms with Crippen LogP contribution in [0.2, 0.25) is 0 Å². The van der Waals surface area contributed by atoms with Crippen LogP contribution in [0, 0.1) is 18.8 Å². The van der Waals surface area contributed by atoms with E-state index >= 15 is 0 Å². The Balaban J connectivity index is 1.58. The Morgan fingerprint density at radius 1 is 0.967 bits per heavy atom. The zero-order valence-corrected chi connectivity index (χ0v) is 17.8. The molecule has 2 amide bonds. The SMILES string of the molecule is Cc1ccc(NC(=O)c2c(NC(=O)[C@H]3CCCC[C@H]3C(=O)O)sc3c2CCC3)cc1. The Hall–Kier alpha value is -2.67. The van der Waals surface area contributed by atoms with Crippen molar-refractivity contribution in [3.63, 3.8) is 0 Å². The van der Waals surface area contributed by atoms with Gasteiger partial charge in [0.2, 0.25) is 5.91 Å². The van der Waals surface area contributed by atoms with E-state index in [0.29, 0.717) is 29.1 Å². The topological polar surface area (TPSA) is 95.5 Å². The number of carboxylic acid groups (broad SMARTS) is 1. The van der Waals surface area contributed by atoms with E-state index in [2.05, 4.69) is 10.6 Å². The summed E-state index contributed by atoms with van der Waals surface area (Å²) in [5.74, 6) is -2.64. The minimum absolute atomic E-state index is 0.230. The summed E-state index contributed by atoms with van der Waals surface area (Å²) in [4.78, 5) is 38.8. The molecule has 3 N–H and O–H groups in total. The molecule has 6 nitrogen and oxygen atoms in total. The van der Waals surface area contributed by atoms with Gasteiger partial charge in [0.15, 0.2) is 0 Å². The van der Waals surface area contributed by atoms with Crippen molar-refractivity contribution < 1.29 is 19.5 Å². The fraction of sp³-hybridized carbons (Fsp3) is 0.435. The van der Waals surface area contributed by atoms with E-state index in [0.717, 1.165) is 48.1 Å². The third kappa shape index (κ3) is 4.12. The van der Waals surface area contributed by atoms with Crippen LogP contribution in [0.4, 0.5) is 10.7 Å². The zero-order valence-electron chi connectivity index (χ0n) is 17.0. The van der Waals surface area contributed by atoms with Crippen molar-refractivity contribution in [3.05, 3.63) is 45.8 Å². The molecule has 1 aromatic carbocycles. The van der Waals surface area contributed by atoms with Crippen LogP contribution in [-0.4, -0.2) is 22.9 Å². The van der Waals surface area contributed by atoms with Gasteiger partial charge < -0.3 is 15.7 Å². The number of anilines is 2. The predicted octanol–water partition coefficient (Wildman–Crippen LogP) is 4.63. The Bertz CT molecular complexity index is 980. The third-order valence-corrected chi connectivity index (χ3v) is 7.32. The molecule has 0 bridgehead atoms. The predicted molar refractivity (Wildman–Crippen MR) is 117 cm³/mol. The monoisotopic (exact) mass is 426 g/mol. The van der Waals surface area contributed by atoms with Crippen LogP contribution in [0.1, 0.15) is 58.5 Å². The maximum Gasteiger partial charge on any atom is 0.307 e. The summed E-state index contributed by atoms with van der Waals surface area (Å²) >= 11 is 1.45. The van der Waals surface area contributed by atoms with Gasteiger partial charge in [-0.3, -0.25) is 14.4 Å². The summed E-state index contributed by atoms with van der Waals surface area (Å²) < 4.78 is 0. The normalized spacial score (nSPS) is 20.4. The van der Waals surface area contributed by atoms with Crippen molar-refractivity contribution in [3.8, 4) is 0 Å². The molecule has 0 unspecified atom stereocenters. The summed E-state index contributed by atoms with van der Waals surface area (Å²) in [5, 5.41) is 15.9. The number of aliphatic carboxylic acids is 1. The van der Waals surface area contributed by atoms with Crippen LogP contribution in [0.15, 0.2) is 24.3 Å². The lowest BCUT2D eigenvalue weighted by atomic mass is 9.79. The largest absolute Gasteiger partial charge is 0.481 e. The van der Waals surface area contributed by atoms with Crippen molar-refractivity contribution in [1.82, 2.24) is 0 Å². The summed E-state index contributed by atoms with van der Waals surface area (Å²) in [6, 6.07) is 7.59. The van der Waals surface area contributed by atoms with E-state index in [-0.39, 0.29) is 11.8 Å². The number of carbonyl (C=O) groups excluding carboxylic acids is 2. The molecular weight excluding hydrogens is 400 g/mol. The number of thiophene rings is 1. The fourth-order valence-corrected chi connectivity index (χ4v) is 5.80. The molecule has 1 heterocycles. The first kappa shape index (κ1) is 20.6. The van der Waals surface area contributed by atoms with Crippen molar-refractivity contribution in [2.75, 3.05) is 10.6 Å². The average Bonchev–Trinajstić information content (AvgIpc) is 3.30. The summed E-state index contributed by atoms with van der Waals surface area (Å²) in [6.45, 7) is 1.99. The molecule has 1 aromatic heterocycles. The number of rotatable bonds is 5. The number of benzene rings is 1. The molecule has 1 fully saturated rings. The molecular formula is C23H26N2O4S. The highest BCUT2D eigenvalue weighted by atomic mass is 32.1. The third-order valence-electron chi connectivity index (χ3n) is 6.11. The lowest BCUT2D eigenvalue weighted by Gasteiger charge is -2.27. The Kier molecular flexibility index (Phi) is 5.90. The van der Waals surface area contributed by atoms with Crippen LogP contribution < -0.4 is 10.6 Å². The molecule has 30 heavy (non-hydrogen) atoms. The maximum atomic E-state index is 13.1. The van der Waals surface area contributed by atoms with Gasteiger partial charge >= 0.3 is 5.97 Å². The van der Waals surface area contributed by atoms with Crippen LogP contribution >= 0.6 is 11.3 Å². The van der Waals surface area contributed by atoms with Gasteiger partial charge in [0, 0.05) is 10.6 Å². The van der Waals surface area contributed by atoms with Gasteiger partial charge in [-0.15, -0.1) is 11.3 Å². The smallest absolute Gasteiger partial charge is 0.307 e. The van der Waals surface area contributed by atoms with Crippen LogP contribution in [0.3, 0.4) is 0 Å². The van der Waals surface area contributed by atoms with Gasteiger partial charge in [0.1, 0.15) is 5.00 Å². The molecule has 4 rings (SSSR count). The van der Waals surface area contributed by atoms with Crippen LogP contribution in [0.25, 0.3) is 0 Å².